The molecule has 1 aromatic heterocycles. The van der Waals surface area contributed by atoms with E-state index in [4.69, 9.17) is 5.84 Å². The molecule has 1 saturated heterocycles. The average Bonchev–Trinajstić information content (AvgIpc) is 2.54. The first-order valence-electron chi connectivity index (χ1n) is 6.53. The number of rotatable bonds is 2. The summed E-state index contributed by atoms with van der Waals surface area (Å²) in [7, 11) is 0. The molecule has 5 nitrogen and oxygen atoms in total. The summed E-state index contributed by atoms with van der Waals surface area (Å²) in [4.78, 5) is 19.0. The Hall–Kier alpha value is -1.79. The van der Waals surface area contributed by atoms with Crippen molar-refractivity contribution in [3.63, 3.8) is 0 Å². The van der Waals surface area contributed by atoms with Crippen molar-refractivity contribution >= 4 is 34.4 Å². The molecule has 0 saturated carbocycles. The zero-order chi connectivity index (χ0) is 13.9. The molecule has 3 N–H and O–H groups in total. The molecule has 6 heteroatoms. The van der Waals surface area contributed by atoms with Gasteiger partial charge >= 0.3 is 0 Å². The van der Waals surface area contributed by atoms with Gasteiger partial charge in [0.15, 0.2) is 0 Å². The number of fused-ring (bicyclic) bond motifs is 1. The molecule has 0 aliphatic carbocycles. The highest BCUT2D eigenvalue weighted by Crippen LogP contribution is 2.23. The predicted octanol–water partition coefficient (Wildman–Crippen LogP) is 1.71. The first-order chi connectivity index (χ1) is 9.79. The number of carbonyl (C=O) groups is 1. The standard InChI is InChI=1S/C14H16N4OS/c15-17-13-9-11(10-3-1-2-4-12(10)16-13)14(19)18-5-7-20-8-6-18/h1-4,9H,5-8,15H2,(H,16,17). The lowest BCUT2D eigenvalue weighted by Crippen LogP contribution is -2.38. The van der Waals surface area contributed by atoms with E-state index < -0.39 is 0 Å². The van der Waals surface area contributed by atoms with Crippen LogP contribution in [-0.4, -0.2) is 40.4 Å². The number of pyridine rings is 1. The number of nitrogens with one attached hydrogen (secondary N) is 1. The Balaban J connectivity index is 2.06. The average molecular weight is 288 g/mol. The predicted molar refractivity (Wildman–Crippen MR) is 82.8 cm³/mol. The Bertz CT molecular complexity index is 640. The van der Waals surface area contributed by atoms with Gasteiger partial charge in [-0.15, -0.1) is 0 Å². The SMILES string of the molecule is NNc1cc(C(=O)N2CCSCC2)c2ccccc2n1. The molecular formula is C14H16N4OS. The van der Waals surface area contributed by atoms with Crippen LogP contribution in [0.3, 0.4) is 0 Å². The Morgan fingerprint density at radius 1 is 1.30 bits per heavy atom. The van der Waals surface area contributed by atoms with Gasteiger partial charge < -0.3 is 10.3 Å². The van der Waals surface area contributed by atoms with E-state index in [-0.39, 0.29) is 5.91 Å². The fraction of sp³-hybridized carbons (Fsp3) is 0.286. The molecule has 2 aromatic rings. The molecule has 1 aromatic carbocycles. The lowest BCUT2D eigenvalue weighted by atomic mass is 10.1. The van der Waals surface area contributed by atoms with Crippen molar-refractivity contribution in [1.29, 1.82) is 0 Å². The molecule has 1 fully saturated rings. The van der Waals surface area contributed by atoms with E-state index in [0.717, 1.165) is 35.5 Å². The molecule has 2 heterocycles. The number of para-hydroxylation sites is 1. The maximum Gasteiger partial charge on any atom is 0.254 e. The topological polar surface area (TPSA) is 71.2 Å². The fourth-order valence-corrected chi connectivity index (χ4v) is 3.27. The summed E-state index contributed by atoms with van der Waals surface area (Å²) in [6.07, 6.45) is 0. The Kier molecular flexibility index (Phi) is 3.75. The largest absolute Gasteiger partial charge is 0.337 e. The number of hydrogen-bond donors (Lipinski definition) is 2. The van der Waals surface area contributed by atoms with Crippen LogP contribution >= 0.6 is 11.8 Å². The van der Waals surface area contributed by atoms with Gasteiger partial charge in [0, 0.05) is 30.0 Å². The monoisotopic (exact) mass is 288 g/mol. The van der Waals surface area contributed by atoms with Crippen LogP contribution in [0.25, 0.3) is 10.9 Å². The minimum absolute atomic E-state index is 0.0559. The third-order valence-electron chi connectivity index (χ3n) is 3.39. The van der Waals surface area contributed by atoms with E-state index in [2.05, 4.69) is 10.4 Å². The zero-order valence-corrected chi connectivity index (χ0v) is 11.8. The lowest BCUT2D eigenvalue weighted by molar-refractivity contribution is 0.0774. The van der Waals surface area contributed by atoms with Crippen molar-refractivity contribution in [2.45, 2.75) is 0 Å². The van der Waals surface area contributed by atoms with Gasteiger partial charge in [-0.25, -0.2) is 10.8 Å². The summed E-state index contributed by atoms with van der Waals surface area (Å²) in [5, 5.41) is 0.870. The van der Waals surface area contributed by atoms with Crippen LogP contribution in [-0.2, 0) is 0 Å². The van der Waals surface area contributed by atoms with Gasteiger partial charge in [0.05, 0.1) is 11.1 Å². The second kappa shape index (κ2) is 5.68. The molecular weight excluding hydrogens is 272 g/mol. The summed E-state index contributed by atoms with van der Waals surface area (Å²) < 4.78 is 0. The summed E-state index contributed by atoms with van der Waals surface area (Å²) in [5.74, 6) is 8.01. The maximum atomic E-state index is 12.7. The number of nitrogens with two attached hydrogens (primary N) is 1. The Morgan fingerprint density at radius 3 is 2.80 bits per heavy atom. The summed E-state index contributed by atoms with van der Waals surface area (Å²) in [5.41, 5.74) is 3.97. The van der Waals surface area contributed by atoms with Crippen LogP contribution in [0.2, 0.25) is 0 Å². The van der Waals surface area contributed by atoms with Gasteiger partial charge in [0.25, 0.3) is 5.91 Å². The molecule has 1 amide bonds. The number of thioether (sulfide) groups is 1. The number of hydrogen-bond acceptors (Lipinski definition) is 5. The molecule has 20 heavy (non-hydrogen) atoms. The third kappa shape index (κ3) is 2.44. The Labute approximate surface area is 121 Å². The van der Waals surface area contributed by atoms with Crippen molar-refractivity contribution in [3.05, 3.63) is 35.9 Å². The van der Waals surface area contributed by atoms with Crippen molar-refractivity contribution in [2.75, 3.05) is 30.0 Å². The summed E-state index contributed by atoms with van der Waals surface area (Å²) >= 11 is 1.88. The van der Waals surface area contributed by atoms with E-state index in [9.17, 15) is 4.79 Å². The molecule has 0 atom stereocenters. The van der Waals surface area contributed by atoms with Gasteiger partial charge in [-0.1, -0.05) is 18.2 Å². The van der Waals surface area contributed by atoms with E-state index in [1.54, 1.807) is 6.07 Å². The number of nitrogens with zero attached hydrogens (tertiary/aromatic N) is 2. The maximum absolute atomic E-state index is 12.7. The molecule has 3 rings (SSSR count). The number of nitrogen functional groups attached to an aromatic ring is 1. The fourth-order valence-electron chi connectivity index (χ4n) is 2.36. The second-order valence-corrected chi connectivity index (χ2v) is 5.85. The highest BCUT2D eigenvalue weighted by Gasteiger charge is 2.21. The van der Waals surface area contributed by atoms with Gasteiger partial charge in [-0.2, -0.15) is 11.8 Å². The molecule has 0 spiro atoms. The lowest BCUT2D eigenvalue weighted by Gasteiger charge is -2.27. The summed E-state index contributed by atoms with van der Waals surface area (Å²) in [6, 6.07) is 9.36. The highest BCUT2D eigenvalue weighted by molar-refractivity contribution is 7.99. The number of carbonyl (C=O) groups excluding carboxylic acids is 1. The minimum atomic E-state index is 0.0559. The van der Waals surface area contributed by atoms with Crippen LogP contribution in [0.5, 0.6) is 0 Å². The van der Waals surface area contributed by atoms with Crippen molar-refractivity contribution in [1.82, 2.24) is 9.88 Å². The van der Waals surface area contributed by atoms with Gasteiger partial charge in [-0.3, -0.25) is 4.79 Å². The molecule has 0 bridgehead atoms. The number of hydrazine groups is 1. The van der Waals surface area contributed by atoms with E-state index in [0.29, 0.717) is 11.4 Å². The number of anilines is 1. The van der Waals surface area contributed by atoms with E-state index in [1.165, 1.54) is 0 Å². The van der Waals surface area contributed by atoms with Gasteiger partial charge in [0.2, 0.25) is 0 Å². The number of amides is 1. The van der Waals surface area contributed by atoms with Crippen molar-refractivity contribution in [3.8, 4) is 0 Å². The third-order valence-corrected chi connectivity index (χ3v) is 4.34. The number of benzene rings is 1. The van der Waals surface area contributed by atoms with E-state index in [1.807, 2.05) is 40.9 Å². The molecule has 1 aliphatic heterocycles. The van der Waals surface area contributed by atoms with Gasteiger partial charge in [-0.05, 0) is 12.1 Å². The first kappa shape index (κ1) is 13.2. The summed E-state index contributed by atoms with van der Waals surface area (Å²) in [6.45, 7) is 1.59. The zero-order valence-electron chi connectivity index (χ0n) is 11.0. The number of aromatic nitrogens is 1. The molecule has 0 unspecified atom stereocenters. The Morgan fingerprint density at radius 2 is 2.05 bits per heavy atom. The molecule has 1 aliphatic rings. The van der Waals surface area contributed by atoms with Crippen LogP contribution < -0.4 is 11.3 Å². The first-order valence-corrected chi connectivity index (χ1v) is 7.68. The quantitative estimate of drug-likeness (QED) is 0.650. The second-order valence-electron chi connectivity index (χ2n) is 4.62. The highest BCUT2D eigenvalue weighted by atomic mass is 32.2. The molecule has 104 valence electrons. The van der Waals surface area contributed by atoms with Crippen LogP contribution in [0.4, 0.5) is 5.82 Å². The molecule has 0 radical (unpaired) electrons. The normalized spacial score (nSPS) is 15.3. The van der Waals surface area contributed by atoms with Gasteiger partial charge in [0.1, 0.15) is 5.82 Å². The van der Waals surface area contributed by atoms with Crippen LogP contribution in [0.15, 0.2) is 30.3 Å². The smallest absolute Gasteiger partial charge is 0.254 e. The van der Waals surface area contributed by atoms with Crippen LogP contribution in [0.1, 0.15) is 10.4 Å². The van der Waals surface area contributed by atoms with Crippen molar-refractivity contribution < 1.29 is 4.79 Å². The van der Waals surface area contributed by atoms with E-state index >= 15 is 0 Å². The van der Waals surface area contributed by atoms with Crippen LogP contribution in [0, 0.1) is 0 Å². The minimum Gasteiger partial charge on any atom is -0.337 e. The van der Waals surface area contributed by atoms with Crippen molar-refractivity contribution in [2.24, 2.45) is 5.84 Å².